The first kappa shape index (κ1) is 12.2. The van der Waals surface area contributed by atoms with Crippen LogP contribution in [-0.4, -0.2) is 29.1 Å². The number of nitrogens with zero attached hydrogens (tertiary/aromatic N) is 1. The van der Waals surface area contributed by atoms with E-state index in [2.05, 4.69) is 22.1 Å². The Morgan fingerprint density at radius 2 is 2.38 bits per heavy atom. The summed E-state index contributed by atoms with van der Waals surface area (Å²) in [7, 11) is 0. The summed E-state index contributed by atoms with van der Waals surface area (Å²) < 4.78 is 0. The Hall–Kier alpha value is -1.86. The number of amides is 1. The third-order valence-corrected chi connectivity index (χ3v) is 1.80. The van der Waals surface area contributed by atoms with Gasteiger partial charge in [0.15, 0.2) is 0 Å². The number of carbonyl (C=O) groups is 1. The van der Waals surface area contributed by atoms with Crippen molar-refractivity contribution in [1.82, 2.24) is 10.3 Å². The van der Waals surface area contributed by atoms with Crippen LogP contribution in [0.3, 0.4) is 0 Å². The molecule has 0 aromatic carbocycles. The van der Waals surface area contributed by atoms with Crippen LogP contribution in [0.1, 0.15) is 29.4 Å². The van der Waals surface area contributed by atoms with E-state index >= 15 is 0 Å². The molecular formula is C12H14N2O2. The van der Waals surface area contributed by atoms with Crippen molar-refractivity contribution in [2.75, 3.05) is 13.2 Å². The second kappa shape index (κ2) is 6.59. The highest BCUT2D eigenvalue weighted by molar-refractivity contribution is 5.92. The number of carbonyl (C=O) groups excluding carboxylic acids is 1. The van der Waals surface area contributed by atoms with Gasteiger partial charge in [-0.3, -0.25) is 4.79 Å². The maximum absolute atomic E-state index is 11.4. The van der Waals surface area contributed by atoms with Crippen LogP contribution >= 0.6 is 0 Å². The van der Waals surface area contributed by atoms with Gasteiger partial charge in [-0.2, -0.15) is 0 Å². The van der Waals surface area contributed by atoms with Crippen molar-refractivity contribution in [3.63, 3.8) is 0 Å². The molecule has 0 aliphatic carbocycles. The molecule has 0 bridgehead atoms. The zero-order valence-corrected chi connectivity index (χ0v) is 9.16. The lowest BCUT2D eigenvalue weighted by molar-refractivity contribution is 0.0951. The summed E-state index contributed by atoms with van der Waals surface area (Å²) in [5.41, 5.74) is 1.12. The smallest absolute Gasteiger partial charge is 0.269 e. The van der Waals surface area contributed by atoms with E-state index in [4.69, 9.17) is 5.11 Å². The van der Waals surface area contributed by atoms with Gasteiger partial charge < -0.3 is 10.4 Å². The number of hydrogen-bond donors (Lipinski definition) is 2. The molecule has 84 valence electrons. The van der Waals surface area contributed by atoms with Gasteiger partial charge in [-0.25, -0.2) is 4.98 Å². The van der Waals surface area contributed by atoms with Gasteiger partial charge in [0, 0.05) is 24.7 Å². The van der Waals surface area contributed by atoms with Gasteiger partial charge >= 0.3 is 0 Å². The molecule has 0 saturated heterocycles. The standard InChI is InChI=1S/C12H14N2O2/c1-2-13-12(16)11-7-6-10(9-14-11)5-3-4-8-15/h6-7,9,15H,2,4,8H2,1H3,(H,13,16). The first-order chi connectivity index (χ1) is 7.77. The Kier molecular flexibility index (Phi) is 5.03. The summed E-state index contributed by atoms with van der Waals surface area (Å²) in [5.74, 6) is 5.44. The third-order valence-electron chi connectivity index (χ3n) is 1.80. The Labute approximate surface area is 94.7 Å². The monoisotopic (exact) mass is 218 g/mol. The summed E-state index contributed by atoms with van der Waals surface area (Å²) in [6.07, 6.45) is 1.99. The van der Waals surface area contributed by atoms with E-state index in [0.29, 0.717) is 18.7 Å². The molecule has 0 fully saturated rings. The van der Waals surface area contributed by atoms with Crippen molar-refractivity contribution < 1.29 is 9.90 Å². The Morgan fingerprint density at radius 1 is 1.56 bits per heavy atom. The Bertz CT molecular complexity index is 401. The fraction of sp³-hybridized carbons (Fsp3) is 0.333. The van der Waals surface area contributed by atoms with E-state index in [1.54, 1.807) is 18.3 Å². The molecule has 0 spiro atoms. The van der Waals surface area contributed by atoms with Crippen LogP contribution in [0, 0.1) is 11.8 Å². The molecule has 2 N–H and O–H groups in total. The quantitative estimate of drug-likeness (QED) is 0.729. The lowest BCUT2D eigenvalue weighted by Gasteiger charge is -2.00. The van der Waals surface area contributed by atoms with Crippen molar-refractivity contribution in [2.24, 2.45) is 0 Å². The van der Waals surface area contributed by atoms with Crippen LogP contribution < -0.4 is 5.32 Å². The lowest BCUT2D eigenvalue weighted by Crippen LogP contribution is -2.23. The third kappa shape index (κ3) is 3.71. The number of aliphatic hydroxyl groups excluding tert-OH is 1. The molecule has 4 heteroatoms. The fourth-order valence-electron chi connectivity index (χ4n) is 1.07. The largest absolute Gasteiger partial charge is 0.395 e. The number of pyridine rings is 1. The number of hydrogen-bond acceptors (Lipinski definition) is 3. The van der Waals surface area contributed by atoms with Crippen LogP contribution in [-0.2, 0) is 0 Å². The average molecular weight is 218 g/mol. The van der Waals surface area contributed by atoms with Crippen LogP contribution in [0.15, 0.2) is 18.3 Å². The first-order valence-corrected chi connectivity index (χ1v) is 5.12. The molecule has 0 radical (unpaired) electrons. The summed E-state index contributed by atoms with van der Waals surface area (Å²) in [4.78, 5) is 15.4. The molecule has 1 rings (SSSR count). The summed E-state index contributed by atoms with van der Waals surface area (Å²) in [5, 5.41) is 11.2. The van der Waals surface area contributed by atoms with Gasteiger partial charge in [0.05, 0.1) is 6.61 Å². The zero-order chi connectivity index (χ0) is 11.8. The van der Waals surface area contributed by atoms with E-state index in [1.165, 1.54) is 0 Å². The van der Waals surface area contributed by atoms with Crippen LogP contribution in [0.4, 0.5) is 0 Å². The van der Waals surface area contributed by atoms with Crippen molar-refractivity contribution in [1.29, 1.82) is 0 Å². The highest BCUT2D eigenvalue weighted by Crippen LogP contribution is 1.98. The van der Waals surface area contributed by atoms with E-state index in [-0.39, 0.29) is 12.5 Å². The van der Waals surface area contributed by atoms with Gasteiger partial charge in [0.25, 0.3) is 5.91 Å². The zero-order valence-electron chi connectivity index (χ0n) is 9.16. The maximum Gasteiger partial charge on any atom is 0.269 e. The SMILES string of the molecule is CCNC(=O)c1ccc(C#CCCO)cn1. The highest BCUT2D eigenvalue weighted by Gasteiger charge is 2.03. The van der Waals surface area contributed by atoms with Gasteiger partial charge in [0.1, 0.15) is 5.69 Å². The van der Waals surface area contributed by atoms with Gasteiger partial charge in [0.2, 0.25) is 0 Å². The minimum absolute atomic E-state index is 0.0530. The van der Waals surface area contributed by atoms with Crippen molar-refractivity contribution in [3.05, 3.63) is 29.6 Å². The Balaban J connectivity index is 2.69. The molecule has 0 unspecified atom stereocenters. The van der Waals surface area contributed by atoms with Crippen LogP contribution in [0.5, 0.6) is 0 Å². The van der Waals surface area contributed by atoms with E-state index in [1.807, 2.05) is 6.92 Å². The molecule has 0 atom stereocenters. The number of aromatic nitrogens is 1. The number of aliphatic hydroxyl groups is 1. The molecule has 16 heavy (non-hydrogen) atoms. The minimum atomic E-state index is -0.183. The summed E-state index contributed by atoms with van der Waals surface area (Å²) in [6, 6.07) is 3.37. The molecular weight excluding hydrogens is 204 g/mol. The second-order valence-electron chi connectivity index (χ2n) is 3.07. The van der Waals surface area contributed by atoms with Crippen molar-refractivity contribution in [3.8, 4) is 11.8 Å². The molecule has 1 heterocycles. The van der Waals surface area contributed by atoms with E-state index in [0.717, 1.165) is 5.56 Å². The predicted molar refractivity (Wildman–Crippen MR) is 60.8 cm³/mol. The number of nitrogens with one attached hydrogen (secondary N) is 1. The highest BCUT2D eigenvalue weighted by atomic mass is 16.2. The van der Waals surface area contributed by atoms with Gasteiger partial charge in [-0.15, -0.1) is 0 Å². The predicted octanol–water partition coefficient (Wildman–Crippen LogP) is 0.565. The molecule has 1 amide bonds. The summed E-state index contributed by atoms with van der Waals surface area (Å²) in [6.45, 7) is 2.49. The summed E-state index contributed by atoms with van der Waals surface area (Å²) >= 11 is 0. The average Bonchev–Trinajstić information content (AvgIpc) is 2.30. The normalized spacial score (nSPS) is 9.12. The van der Waals surface area contributed by atoms with E-state index in [9.17, 15) is 4.79 Å². The molecule has 0 saturated carbocycles. The number of rotatable bonds is 3. The Morgan fingerprint density at radius 3 is 2.94 bits per heavy atom. The van der Waals surface area contributed by atoms with Crippen LogP contribution in [0.25, 0.3) is 0 Å². The second-order valence-corrected chi connectivity index (χ2v) is 3.07. The topological polar surface area (TPSA) is 62.2 Å². The molecule has 0 aliphatic heterocycles. The van der Waals surface area contributed by atoms with Crippen LogP contribution in [0.2, 0.25) is 0 Å². The van der Waals surface area contributed by atoms with E-state index < -0.39 is 0 Å². The van der Waals surface area contributed by atoms with Gasteiger partial charge in [-0.1, -0.05) is 11.8 Å². The molecule has 1 aromatic heterocycles. The maximum atomic E-state index is 11.4. The molecule has 1 aromatic rings. The lowest BCUT2D eigenvalue weighted by atomic mass is 10.2. The van der Waals surface area contributed by atoms with Gasteiger partial charge in [-0.05, 0) is 19.1 Å². The molecule has 4 nitrogen and oxygen atoms in total. The minimum Gasteiger partial charge on any atom is -0.395 e. The van der Waals surface area contributed by atoms with Crippen molar-refractivity contribution >= 4 is 5.91 Å². The fourth-order valence-corrected chi connectivity index (χ4v) is 1.07. The first-order valence-electron chi connectivity index (χ1n) is 5.12. The van der Waals surface area contributed by atoms with Crippen molar-refractivity contribution in [2.45, 2.75) is 13.3 Å². The molecule has 0 aliphatic rings.